The van der Waals surface area contributed by atoms with Gasteiger partial charge in [-0.15, -0.1) is 0 Å². The Bertz CT molecular complexity index is 828. The Kier molecular flexibility index (Phi) is 3.36. The fourth-order valence-electron chi connectivity index (χ4n) is 1.79. The number of nitrogens with zero attached hydrogens (tertiary/aromatic N) is 7. The second kappa shape index (κ2) is 5.13. The van der Waals surface area contributed by atoms with E-state index in [1.54, 1.807) is 0 Å². The minimum atomic E-state index is -1.14. The summed E-state index contributed by atoms with van der Waals surface area (Å²) in [6.45, 7) is 0. The summed E-state index contributed by atoms with van der Waals surface area (Å²) < 4.78 is 0. The Morgan fingerprint density at radius 3 is 2.19 bits per heavy atom. The predicted octanol–water partition coefficient (Wildman–Crippen LogP) is 2.65. The lowest BCUT2D eigenvalue weighted by Crippen LogP contribution is -2.22. The summed E-state index contributed by atoms with van der Waals surface area (Å²) >= 11 is 0. The Labute approximate surface area is 114 Å². The molecular formula is C10H3N7O4. The van der Waals surface area contributed by atoms with Crippen LogP contribution in [-0.4, -0.2) is 16.5 Å². The first-order valence-corrected chi connectivity index (χ1v) is 5.23. The average Bonchev–Trinajstić information content (AvgIpc) is 2.47. The van der Waals surface area contributed by atoms with Crippen LogP contribution in [-0.2, 0) is 4.79 Å². The van der Waals surface area contributed by atoms with Crippen molar-refractivity contribution in [2.24, 2.45) is 10.2 Å². The molecule has 0 unspecified atom stereocenters. The van der Waals surface area contributed by atoms with E-state index in [0.29, 0.717) is 0 Å². The van der Waals surface area contributed by atoms with E-state index in [-0.39, 0.29) is 16.8 Å². The highest BCUT2D eigenvalue weighted by Crippen LogP contribution is 2.33. The Hall–Kier alpha value is -3.68. The minimum Gasteiger partial charge on any atom is -0.285 e. The minimum absolute atomic E-state index is 0.131. The lowest BCUT2D eigenvalue weighted by Gasteiger charge is -2.15. The molecule has 2 rings (SSSR count). The van der Waals surface area contributed by atoms with Gasteiger partial charge in [0.05, 0.1) is 16.3 Å². The molecule has 0 radical (unpaired) electrons. The highest BCUT2D eigenvalue weighted by molar-refractivity contribution is 6.52. The summed E-state index contributed by atoms with van der Waals surface area (Å²) in [6.07, 6.45) is 0. The number of nitro groups is 1. The van der Waals surface area contributed by atoms with Crippen molar-refractivity contribution in [1.82, 2.24) is 0 Å². The van der Waals surface area contributed by atoms with Gasteiger partial charge in [0.15, 0.2) is 0 Å². The van der Waals surface area contributed by atoms with Crippen LogP contribution in [0, 0.1) is 10.1 Å². The lowest BCUT2D eigenvalue weighted by atomic mass is 9.90. The number of non-ortho nitro benzene ring substituents is 1. The Morgan fingerprint density at radius 2 is 1.62 bits per heavy atom. The molecule has 0 atom stereocenters. The van der Waals surface area contributed by atoms with Gasteiger partial charge in [-0.2, -0.15) is 0 Å². The molecule has 21 heavy (non-hydrogen) atoms. The van der Waals surface area contributed by atoms with Crippen molar-refractivity contribution < 1.29 is 14.5 Å². The van der Waals surface area contributed by atoms with Gasteiger partial charge in [-0.25, -0.2) is 0 Å². The fraction of sp³-hybridized carbons (Fsp3) is 0. The summed E-state index contributed by atoms with van der Waals surface area (Å²) in [4.78, 5) is 38.5. The Morgan fingerprint density at radius 1 is 1.00 bits per heavy atom. The molecule has 0 fully saturated rings. The first-order chi connectivity index (χ1) is 10.0. The summed E-state index contributed by atoms with van der Waals surface area (Å²) in [7, 11) is 0. The average molecular weight is 285 g/mol. The van der Waals surface area contributed by atoms with Gasteiger partial charge < -0.3 is 0 Å². The number of allylic oxidation sites excluding steroid dienone is 1. The van der Waals surface area contributed by atoms with Gasteiger partial charge in [0.1, 0.15) is 0 Å². The highest BCUT2D eigenvalue weighted by atomic mass is 16.6. The number of Topliss-reactive ketones (excluding diaryl/α,β-unsaturated/α-hetero) is 2. The van der Waals surface area contributed by atoms with Gasteiger partial charge in [0.25, 0.3) is 5.69 Å². The number of hydrogen-bond donors (Lipinski definition) is 0. The van der Waals surface area contributed by atoms with Crippen LogP contribution < -0.4 is 0 Å². The molecule has 0 N–H and O–H groups in total. The van der Waals surface area contributed by atoms with Crippen LogP contribution in [0.1, 0.15) is 15.9 Å². The van der Waals surface area contributed by atoms with Crippen LogP contribution in [0.15, 0.2) is 34.1 Å². The van der Waals surface area contributed by atoms with Gasteiger partial charge >= 0.3 is 0 Å². The molecule has 0 aliphatic heterocycles. The van der Waals surface area contributed by atoms with Gasteiger partial charge in [-0.05, 0) is 17.1 Å². The van der Waals surface area contributed by atoms with Gasteiger partial charge in [0.2, 0.25) is 11.6 Å². The van der Waals surface area contributed by atoms with Gasteiger partial charge in [0, 0.05) is 33.1 Å². The smallest absolute Gasteiger partial charge is 0.270 e. The molecule has 1 aliphatic rings. The third kappa shape index (κ3) is 2.16. The van der Waals surface area contributed by atoms with Crippen LogP contribution >= 0.6 is 0 Å². The van der Waals surface area contributed by atoms with Crippen molar-refractivity contribution in [3.63, 3.8) is 0 Å². The van der Waals surface area contributed by atoms with E-state index in [1.165, 1.54) is 0 Å². The molecule has 11 nitrogen and oxygen atoms in total. The number of ketones is 2. The van der Waals surface area contributed by atoms with E-state index < -0.39 is 27.9 Å². The fourth-order valence-corrected chi connectivity index (χ4v) is 1.79. The lowest BCUT2D eigenvalue weighted by molar-refractivity contribution is -0.384. The van der Waals surface area contributed by atoms with Crippen molar-refractivity contribution >= 4 is 23.0 Å². The van der Waals surface area contributed by atoms with Crippen LogP contribution in [0.2, 0.25) is 0 Å². The number of nitro benzene ring substituents is 1. The van der Waals surface area contributed by atoms with E-state index in [0.717, 1.165) is 18.2 Å². The van der Waals surface area contributed by atoms with Gasteiger partial charge in [-0.1, -0.05) is 10.2 Å². The van der Waals surface area contributed by atoms with Crippen molar-refractivity contribution in [3.8, 4) is 0 Å². The monoisotopic (exact) mass is 285 g/mol. The standard InChI is InChI=1S/C10H3N7O4/c11-15-13-7-6-3-4(17(20)21)1-2-5(6)9(18)10(19)8(7)14-16-12/h1-3H. The number of hydrogen-bond acceptors (Lipinski definition) is 6. The molecule has 1 aromatic rings. The molecule has 0 saturated heterocycles. The summed E-state index contributed by atoms with van der Waals surface area (Å²) in [5.41, 5.74) is 15.2. The number of rotatable bonds is 3. The molecule has 102 valence electrons. The SMILES string of the molecule is [N-]=[N+]=NC1=C(N=[N+]=[N-])c2cc([N+](=O)[O-])ccc2C(=O)C1=O. The number of carbonyl (C=O) groups excluding carboxylic acids is 2. The number of fused-ring (bicyclic) bond motifs is 1. The third-order valence-corrected chi connectivity index (χ3v) is 2.65. The van der Waals surface area contributed by atoms with Crippen molar-refractivity contribution in [2.45, 2.75) is 0 Å². The van der Waals surface area contributed by atoms with Crippen LogP contribution in [0.5, 0.6) is 0 Å². The van der Waals surface area contributed by atoms with E-state index in [4.69, 9.17) is 11.1 Å². The molecule has 1 aliphatic carbocycles. The first-order valence-electron chi connectivity index (χ1n) is 5.23. The molecule has 0 spiro atoms. The maximum Gasteiger partial charge on any atom is 0.270 e. The molecule has 1 aromatic carbocycles. The molecule has 0 heterocycles. The number of carbonyl (C=O) groups is 2. The summed E-state index contributed by atoms with van der Waals surface area (Å²) in [5.74, 6) is -2.14. The quantitative estimate of drug-likeness (QED) is 0.207. The summed E-state index contributed by atoms with van der Waals surface area (Å²) in [5, 5.41) is 17.0. The second-order valence-electron chi connectivity index (χ2n) is 3.72. The largest absolute Gasteiger partial charge is 0.285 e. The highest BCUT2D eigenvalue weighted by Gasteiger charge is 2.32. The van der Waals surface area contributed by atoms with E-state index in [9.17, 15) is 19.7 Å². The zero-order valence-electron chi connectivity index (χ0n) is 10.00. The molecule has 0 amide bonds. The zero-order valence-corrected chi connectivity index (χ0v) is 10.00. The first kappa shape index (κ1) is 13.7. The van der Waals surface area contributed by atoms with Crippen LogP contribution in [0.3, 0.4) is 0 Å². The molecule has 0 aromatic heterocycles. The number of benzene rings is 1. The predicted molar refractivity (Wildman–Crippen MR) is 67.6 cm³/mol. The maximum absolute atomic E-state index is 11.9. The molecule has 0 bridgehead atoms. The van der Waals surface area contributed by atoms with E-state index >= 15 is 0 Å². The topological polar surface area (TPSA) is 175 Å². The molecule has 0 saturated carbocycles. The summed E-state index contributed by atoms with van der Waals surface area (Å²) in [6, 6.07) is 3.08. The second-order valence-corrected chi connectivity index (χ2v) is 3.72. The van der Waals surface area contributed by atoms with Gasteiger partial charge in [-0.3, -0.25) is 19.7 Å². The normalized spacial score (nSPS) is 13.1. The van der Waals surface area contributed by atoms with Crippen molar-refractivity contribution in [3.05, 3.63) is 66.0 Å². The Balaban J connectivity index is 2.89. The van der Waals surface area contributed by atoms with Crippen molar-refractivity contribution in [2.75, 3.05) is 0 Å². The van der Waals surface area contributed by atoms with Crippen LogP contribution in [0.4, 0.5) is 5.69 Å². The van der Waals surface area contributed by atoms with Crippen molar-refractivity contribution in [1.29, 1.82) is 0 Å². The van der Waals surface area contributed by atoms with Crippen LogP contribution in [0.25, 0.3) is 26.6 Å². The maximum atomic E-state index is 11.9. The van der Waals surface area contributed by atoms with E-state index in [1.807, 2.05) is 0 Å². The van der Waals surface area contributed by atoms with E-state index in [2.05, 4.69) is 20.1 Å². The zero-order chi connectivity index (χ0) is 15.6. The third-order valence-electron chi connectivity index (χ3n) is 2.65. The number of azide groups is 2. The molecular weight excluding hydrogens is 282 g/mol. The molecule has 11 heteroatoms.